The maximum absolute atomic E-state index is 12.6. The Morgan fingerprint density at radius 2 is 1.92 bits per heavy atom. The third kappa shape index (κ3) is 2.89. The Bertz CT molecular complexity index is 1030. The van der Waals surface area contributed by atoms with Crippen LogP contribution in [0.4, 0.5) is 5.69 Å². The predicted molar refractivity (Wildman–Crippen MR) is 96.7 cm³/mol. The average Bonchev–Trinajstić information content (AvgIpc) is 3.24. The van der Waals surface area contributed by atoms with Crippen molar-refractivity contribution in [2.24, 2.45) is 0 Å². The smallest absolute Gasteiger partial charge is 0.244 e. The zero-order chi connectivity index (χ0) is 17.2. The van der Waals surface area contributed by atoms with Crippen molar-refractivity contribution in [3.63, 3.8) is 0 Å². The number of hydrogen-bond acceptors (Lipinski definition) is 3. The molecule has 2 heterocycles. The molecule has 0 radical (unpaired) electrons. The Hall–Kier alpha value is -3.41. The van der Waals surface area contributed by atoms with Crippen LogP contribution in [0.25, 0.3) is 16.7 Å². The topological polar surface area (TPSA) is 64.7 Å². The number of imidazole rings is 2. The van der Waals surface area contributed by atoms with Crippen LogP contribution in [0.15, 0.2) is 67.3 Å². The quantitative estimate of drug-likeness (QED) is 0.625. The Morgan fingerprint density at radius 1 is 1.12 bits per heavy atom. The number of aryl methyl sites for hydroxylation is 1. The summed E-state index contributed by atoms with van der Waals surface area (Å²) >= 11 is 0. The highest BCUT2D eigenvalue weighted by Gasteiger charge is 2.12. The van der Waals surface area contributed by atoms with E-state index >= 15 is 0 Å². The molecule has 0 saturated heterocycles. The molecule has 0 bridgehead atoms. The third-order valence-corrected chi connectivity index (χ3v) is 4.11. The molecular weight excluding hydrogens is 314 g/mol. The largest absolute Gasteiger partial charge is 0.323 e. The SMILES string of the molecule is Cc1nc2ccccc2n1CC(=O)Nc1ccccc1-n1ccnc1. The van der Waals surface area contributed by atoms with Crippen molar-refractivity contribution in [2.75, 3.05) is 5.32 Å². The minimum atomic E-state index is -0.0983. The van der Waals surface area contributed by atoms with Gasteiger partial charge in [0.1, 0.15) is 12.4 Å². The first-order valence-corrected chi connectivity index (χ1v) is 8.01. The fraction of sp³-hybridized carbons (Fsp3) is 0.105. The number of anilines is 1. The summed E-state index contributed by atoms with van der Waals surface area (Å²) in [4.78, 5) is 21.2. The van der Waals surface area contributed by atoms with Crippen LogP contribution in [0, 0.1) is 6.92 Å². The lowest BCUT2D eigenvalue weighted by molar-refractivity contribution is -0.116. The van der Waals surface area contributed by atoms with Crippen molar-refractivity contribution in [3.8, 4) is 5.69 Å². The van der Waals surface area contributed by atoms with E-state index in [9.17, 15) is 4.79 Å². The van der Waals surface area contributed by atoms with Crippen molar-refractivity contribution in [3.05, 3.63) is 73.1 Å². The van der Waals surface area contributed by atoms with E-state index in [0.29, 0.717) is 0 Å². The van der Waals surface area contributed by atoms with E-state index in [1.54, 1.807) is 12.5 Å². The molecule has 4 aromatic rings. The summed E-state index contributed by atoms with van der Waals surface area (Å²) < 4.78 is 3.79. The van der Waals surface area contributed by atoms with E-state index in [0.717, 1.165) is 28.2 Å². The van der Waals surface area contributed by atoms with Crippen molar-refractivity contribution < 1.29 is 4.79 Å². The molecule has 0 unspecified atom stereocenters. The van der Waals surface area contributed by atoms with Gasteiger partial charge in [-0.25, -0.2) is 9.97 Å². The predicted octanol–water partition coefficient (Wildman–Crippen LogP) is 3.17. The van der Waals surface area contributed by atoms with Gasteiger partial charge in [-0.05, 0) is 31.2 Å². The molecule has 6 heteroatoms. The molecular formula is C19H17N5O. The first-order chi connectivity index (χ1) is 12.2. The summed E-state index contributed by atoms with van der Waals surface area (Å²) in [6.45, 7) is 2.12. The number of nitrogens with one attached hydrogen (secondary N) is 1. The summed E-state index contributed by atoms with van der Waals surface area (Å²) in [5, 5.41) is 2.99. The Morgan fingerprint density at radius 3 is 2.76 bits per heavy atom. The summed E-state index contributed by atoms with van der Waals surface area (Å²) in [5.74, 6) is 0.720. The van der Waals surface area contributed by atoms with E-state index < -0.39 is 0 Å². The van der Waals surface area contributed by atoms with Gasteiger partial charge >= 0.3 is 0 Å². The molecule has 6 nitrogen and oxygen atoms in total. The van der Waals surface area contributed by atoms with Gasteiger partial charge in [-0.1, -0.05) is 24.3 Å². The number of aromatic nitrogens is 4. The van der Waals surface area contributed by atoms with Gasteiger partial charge in [-0.3, -0.25) is 4.79 Å². The highest BCUT2D eigenvalue weighted by Crippen LogP contribution is 2.20. The fourth-order valence-electron chi connectivity index (χ4n) is 2.93. The molecule has 2 aromatic carbocycles. The number of fused-ring (bicyclic) bond motifs is 1. The molecule has 0 aliphatic carbocycles. The van der Waals surface area contributed by atoms with Gasteiger partial charge in [0.15, 0.2) is 0 Å². The summed E-state index contributed by atoms with van der Waals surface area (Å²) in [5.41, 5.74) is 3.47. The fourth-order valence-corrected chi connectivity index (χ4v) is 2.93. The first-order valence-electron chi connectivity index (χ1n) is 8.01. The average molecular weight is 331 g/mol. The number of benzene rings is 2. The van der Waals surface area contributed by atoms with Crippen LogP contribution in [0.3, 0.4) is 0 Å². The van der Waals surface area contributed by atoms with Crippen LogP contribution in [0.2, 0.25) is 0 Å². The Balaban J connectivity index is 1.60. The Labute approximate surface area is 144 Å². The van der Waals surface area contributed by atoms with Crippen molar-refractivity contribution in [2.45, 2.75) is 13.5 Å². The van der Waals surface area contributed by atoms with E-state index in [-0.39, 0.29) is 12.5 Å². The number of carbonyl (C=O) groups excluding carboxylic acids is 1. The standard InChI is InChI=1S/C19H17N5O/c1-14-21-16-7-3-5-9-18(16)24(14)12-19(25)22-15-6-2-4-8-17(15)23-11-10-20-13-23/h2-11,13H,12H2,1H3,(H,22,25). The first kappa shape index (κ1) is 15.1. The zero-order valence-electron chi connectivity index (χ0n) is 13.8. The normalized spacial score (nSPS) is 10.9. The van der Waals surface area contributed by atoms with E-state index in [4.69, 9.17) is 0 Å². The second-order valence-electron chi connectivity index (χ2n) is 5.77. The molecule has 0 saturated carbocycles. The van der Waals surface area contributed by atoms with E-state index in [2.05, 4.69) is 15.3 Å². The van der Waals surface area contributed by atoms with E-state index in [1.165, 1.54) is 0 Å². The van der Waals surface area contributed by atoms with Crippen LogP contribution in [0.5, 0.6) is 0 Å². The molecule has 124 valence electrons. The third-order valence-electron chi connectivity index (χ3n) is 4.11. The number of rotatable bonds is 4. The van der Waals surface area contributed by atoms with Crippen LogP contribution >= 0.6 is 0 Å². The summed E-state index contributed by atoms with van der Waals surface area (Å²) in [7, 11) is 0. The lowest BCUT2D eigenvalue weighted by atomic mass is 10.2. The molecule has 25 heavy (non-hydrogen) atoms. The lowest BCUT2D eigenvalue weighted by Crippen LogP contribution is -2.20. The second kappa shape index (κ2) is 6.24. The maximum Gasteiger partial charge on any atom is 0.244 e. The molecule has 0 spiro atoms. The van der Waals surface area contributed by atoms with Gasteiger partial charge in [0, 0.05) is 12.4 Å². The van der Waals surface area contributed by atoms with Gasteiger partial charge in [0.25, 0.3) is 0 Å². The minimum absolute atomic E-state index is 0.0983. The van der Waals surface area contributed by atoms with Crippen molar-refractivity contribution >= 4 is 22.6 Å². The number of amides is 1. The summed E-state index contributed by atoms with van der Waals surface area (Å²) in [6, 6.07) is 15.5. The van der Waals surface area contributed by atoms with Crippen LogP contribution < -0.4 is 5.32 Å². The van der Waals surface area contributed by atoms with Gasteiger partial charge < -0.3 is 14.5 Å². The molecule has 1 N–H and O–H groups in total. The monoisotopic (exact) mass is 331 g/mol. The van der Waals surface area contributed by atoms with Crippen molar-refractivity contribution in [1.29, 1.82) is 0 Å². The second-order valence-corrected chi connectivity index (χ2v) is 5.77. The highest BCUT2D eigenvalue weighted by molar-refractivity contribution is 5.93. The molecule has 1 amide bonds. The number of para-hydroxylation sites is 4. The van der Waals surface area contributed by atoms with Gasteiger partial charge in [0.2, 0.25) is 5.91 Å². The number of nitrogens with zero attached hydrogens (tertiary/aromatic N) is 4. The zero-order valence-corrected chi connectivity index (χ0v) is 13.8. The highest BCUT2D eigenvalue weighted by atomic mass is 16.1. The molecule has 2 aromatic heterocycles. The van der Waals surface area contributed by atoms with Crippen LogP contribution in [0.1, 0.15) is 5.82 Å². The van der Waals surface area contributed by atoms with Crippen LogP contribution in [-0.4, -0.2) is 25.0 Å². The van der Waals surface area contributed by atoms with Gasteiger partial charge in [-0.2, -0.15) is 0 Å². The Kier molecular flexibility index (Phi) is 3.78. The van der Waals surface area contributed by atoms with Crippen LogP contribution in [-0.2, 0) is 11.3 Å². The number of carbonyl (C=O) groups is 1. The lowest BCUT2D eigenvalue weighted by Gasteiger charge is -2.12. The van der Waals surface area contributed by atoms with E-state index in [1.807, 2.05) is 70.8 Å². The molecule has 0 fully saturated rings. The molecule has 0 atom stereocenters. The maximum atomic E-state index is 12.6. The number of hydrogen-bond donors (Lipinski definition) is 1. The van der Waals surface area contributed by atoms with Crippen molar-refractivity contribution in [1.82, 2.24) is 19.1 Å². The van der Waals surface area contributed by atoms with Gasteiger partial charge in [0.05, 0.1) is 28.7 Å². The molecule has 4 rings (SSSR count). The summed E-state index contributed by atoms with van der Waals surface area (Å²) in [6.07, 6.45) is 5.26. The molecule has 0 aliphatic heterocycles. The van der Waals surface area contributed by atoms with Gasteiger partial charge in [-0.15, -0.1) is 0 Å². The minimum Gasteiger partial charge on any atom is -0.323 e. The molecule has 0 aliphatic rings.